The smallest absolute Gasteiger partial charge is 0.360 e. The fourth-order valence-electron chi connectivity index (χ4n) is 2.62. The van der Waals surface area contributed by atoms with Gasteiger partial charge < -0.3 is 9.64 Å². The van der Waals surface area contributed by atoms with E-state index in [1.54, 1.807) is 0 Å². The van der Waals surface area contributed by atoms with Crippen LogP contribution in [0.3, 0.4) is 0 Å². The van der Waals surface area contributed by atoms with Crippen LogP contribution < -0.4 is 9.64 Å². The second-order valence-electron chi connectivity index (χ2n) is 5.55. The molecule has 27 heavy (non-hydrogen) atoms. The highest BCUT2D eigenvalue weighted by Gasteiger charge is 2.12. The molecule has 0 unspecified atom stereocenters. The fraction of sp³-hybridized carbons (Fsp3) is 0. The van der Waals surface area contributed by atoms with Gasteiger partial charge in [0.05, 0.1) is 0 Å². The minimum Gasteiger partial charge on any atom is -0.422 e. The van der Waals surface area contributed by atoms with Crippen LogP contribution in [0.5, 0.6) is 11.8 Å². The monoisotopic (exact) mass is 375 g/mol. The number of nitrogens with zero attached hydrogens (tertiary/aromatic N) is 5. The largest absolute Gasteiger partial charge is 0.422 e. The lowest BCUT2D eigenvalue weighted by molar-refractivity contribution is 0.423. The van der Waals surface area contributed by atoms with E-state index in [9.17, 15) is 0 Å². The molecule has 132 valence electrons. The Bertz CT molecular complexity index is 956. The van der Waals surface area contributed by atoms with Crippen LogP contribution in [0.1, 0.15) is 0 Å². The summed E-state index contributed by atoms with van der Waals surface area (Å²) in [6.07, 6.45) is 0. The molecule has 6 nitrogen and oxygen atoms in total. The third kappa shape index (κ3) is 4.02. The van der Waals surface area contributed by atoms with Crippen LogP contribution in [0.25, 0.3) is 0 Å². The van der Waals surface area contributed by atoms with Crippen LogP contribution in [0.15, 0.2) is 84.9 Å². The Morgan fingerprint density at radius 2 is 1.07 bits per heavy atom. The molecule has 1 heterocycles. The summed E-state index contributed by atoms with van der Waals surface area (Å²) in [7, 11) is 0. The van der Waals surface area contributed by atoms with Gasteiger partial charge in [-0.1, -0.05) is 46.6 Å². The molecular weight excluding hydrogens is 362 g/mol. The zero-order valence-electron chi connectivity index (χ0n) is 14.1. The quantitative estimate of drug-likeness (QED) is 0.478. The van der Waals surface area contributed by atoms with Gasteiger partial charge in [0, 0.05) is 17.1 Å². The maximum absolute atomic E-state index is 5.58. The van der Waals surface area contributed by atoms with Crippen molar-refractivity contribution in [2.24, 2.45) is 0 Å². The third-order valence-corrected chi connectivity index (χ3v) is 3.92. The summed E-state index contributed by atoms with van der Waals surface area (Å²) in [5.41, 5.74) is 3.12. The minimum absolute atomic E-state index is 0.0286. The van der Waals surface area contributed by atoms with Crippen LogP contribution in [-0.2, 0) is 0 Å². The zero-order valence-corrected chi connectivity index (χ0v) is 14.9. The molecular formula is C20H14ClN5O. The molecule has 4 rings (SSSR count). The van der Waals surface area contributed by atoms with Crippen LogP contribution >= 0.6 is 11.6 Å². The number of halogens is 1. The van der Waals surface area contributed by atoms with Crippen molar-refractivity contribution in [3.63, 3.8) is 0 Å². The van der Waals surface area contributed by atoms with E-state index in [-0.39, 0.29) is 11.3 Å². The van der Waals surface area contributed by atoms with Crippen molar-refractivity contribution >= 4 is 28.7 Å². The standard InChI is InChI=1S/C20H14ClN5O/c21-19-22-24-20(25-23-19)27-18-13-11-17(12-14-18)26(15-7-3-1-4-8-15)16-9-5-2-6-10-16/h1-14H. The number of rotatable bonds is 5. The van der Waals surface area contributed by atoms with E-state index in [4.69, 9.17) is 16.3 Å². The van der Waals surface area contributed by atoms with Gasteiger partial charge in [-0.25, -0.2) is 0 Å². The number of hydrogen-bond donors (Lipinski definition) is 0. The molecule has 0 N–H and O–H groups in total. The van der Waals surface area contributed by atoms with Gasteiger partial charge in [0.25, 0.3) is 5.28 Å². The Morgan fingerprint density at radius 3 is 1.59 bits per heavy atom. The van der Waals surface area contributed by atoms with Crippen molar-refractivity contribution in [3.8, 4) is 11.8 Å². The van der Waals surface area contributed by atoms with Gasteiger partial charge >= 0.3 is 6.01 Å². The van der Waals surface area contributed by atoms with E-state index in [1.165, 1.54) is 0 Å². The van der Waals surface area contributed by atoms with Gasteiger partial charge in [-0.2, -0.15) is 0 Å². The van der Waals surface area contributed by atoms with Crippen molar-refractivity contribution in [2.75, 3.05) is 4.90 Å². The highest BCUT2D eigenvalue weighted by molar-refractivity contribution is 6.28. The Kier molecular flexibility index (Phi) is 4.89. The van der Waals surface area contributed by atoms with Crippen molar-refractivity contribution in [1.29, 1.82) is 0 Å². The highest BCUT2D eigenvalue weighted by Crippen LogP contribution is 2.35. The Hall–Kier alpha value is -3.51. The molecule has 0 radical (unpaired) electrons. The van der Waals surface area contributed by atoms with Gasteiger partial charge in [-0.15, -0.1) is 10.2 Å². The zero-order chi connectivity index (χ0) is 18.5. The first-order valence-corrected chi connectivity index (χ1v) is 8.58. The molecule has 0 fully saturated rings. The summed E-state index contributed by atoms with van der Waals surface area (Å²) in [6.45, 7) is 0. The van der Waals surface area contributed by atoms with E-state index in [0.29, 0.717) is 5.75 Å². The topological polar surface area (TPSA) is 64.0 Å². The van der Waals surface area contributed by atoms with E-state index < -0.39 is 0 Å². The van der Waals surface area contributed by atoms with E-state index >= 15 is 0 Å². The third-order valence-electron chi connectivity index (χ3n) is 3.77. The molecule has 0 aliphatic carbocycles. The molecule has 0 bridgehead atoms. The second kappa shape index (κ2) is 7.80. The number of para-hydroxylation sites is 2. The van der Waals surface area contributed by atoms with Crippen LogP contribution in [-0.4, -0.2) is 20.4 Å². The average Bonchev–Trinajstić information content (AvgIpc) is 2.73. The molecule has 4 aromatic rings. The molecule has 0 spiro atoms. The first-order chi connectivity index (χ1) is 13.3. The number of benzene rings is 3. The second-order valence-corrected chi connectivity index (χ2v) is 5.89. The summed E-state index contributed by atoms with van der Waals surface area (Å²) in [4.78, 5) is 2.16. The van der Waals surface area contributed by atoms with Gasteiger partial charge in [0.2, 0.25) is 0 Å². The number of ether oxygens (including phenoxy) is 1. The maximum Gasteiger partial charge on any atom is 0.360 e. The summed E-state index contributed by atoms with van der Waals surface area (Å²) in [5, 5.41) is 14.7. The lowest BCUT2D eigenvalue weighted by Crippen LogP contribution is -2.09. The molecule has 0 aliphatic heterocycles. The summed E-state index contributed by atoms with van der Waals surface area (Å²) >= 11 is 5.58. The molecule has 0 saturated carbocycles. The van der Waals surface area contributed by atoms with E-state index in [2.05, 4.69) is 49.6 Å². The van der Waals surface area contributed by atoms with Crippen LogP contribution in [0.2, 0.25) is 5.28 Å². The SMILES string of the molecule is Clc1nnc(Oc2ccc(N(c3ccccc3)c3ccccc3)cc2)nn1. The van der Waals surface area contributed by atoms with E-state index in [0.717, 1.165) is 17.1 Å². The highest BCUT2D eigenvalue weighted by atomic mass is 35.5. The fourth-order valence-corrected chi connectivity index (χ4v) is 2.69. The molecule has 0 saturated heterocycles. The molecule has 1 aromatic heterocycles. The summed E-state index contributed by atoms with van der Waals surface area (Å²) in [6, 6.07) is 28.0. The minimum atomic E-state index is -0.0286. The van der Waals surface area contributed by atoms with Gasteiger partial charge in [-0.05, 0) is 60.1 Å². The Labute approximate surface area is 161 Å². The molecule has 0 aliphatic rings. The normalized spacial score (nSPS) is 10.4. The van der Waals surface area contributed by atoms with Crippen LogP contribution in [0, 0.1) is 0 Å². The van der Waals surface area contributed by atoms with Gasteiger partial charge in [0.1, 0.15) is 5.75 Å². The first-order valence-electron chi connectivity index (χ1n) is 8.21. The van der Waals surface area contributed by atoms with Crippen molar-refractivity contribution in [2.45, 2.75) is 0 Å². The Balaban J connectivity index is 1.64. The van der Waals surface area contributed by atoms with Crippen LogP contribution in [0.4, 0.5) is 17.1 Å². The predicted octanol–water partition coefficient (Wildman–Crippen LogP) is 5.18. The van der Waals surface area contributed by atoms with Gasteiger partial charge in [0.15, 0.2) is 0 Å². The molecule has 0 amide bonds. The van der Waals surface area contributed by atoms with Crippen molar-refractivity contribution < 1.29 is 4.74 Å². The molecule has 3 aromatic carbocycles. The van der Waals surface area contributed by atoms with E-state index in [1.807, 2.05) is 60.7 Å². The molecule has 7 heteroatoms. The lowest BCUT2D eigenvalue weighted by Gasteiger charge is -2.25. The van der Waals surface area contributed by atoms with Gasteiger partial charge in [-0.3, -0.25) is 0 Å². The average molecular weight is 376 g/mol. The summed E-state index contributed by atoms with van der Waals surface area (Å²) < 4.78 is 5.56. The first kappa shape index (κ1) is 16.9. The number of hydrogen-bond acceptors (Lipinski definition) is 6. The molecule has 0 atom stereocenters. The Morgan fingerprint density at radius 1 is 0.593 bits per heavy atom. The maximum atomic E-state index is 5.58. The predicted molar refractivity (Wildman–Crippen MR) is 104 cm³/mol. The summed E-state index contributed by atoms with van der Waals surface area (Å²) in [5.74, 6) is 0.575. The lowest BCUT2D eigenvalue weighted by atomic mass is 10.2. The van der Waals surface area contributed by atoms with Crippen molar-refractivity contribution in [1.82, 2.24) is 20.4 Å². The van der Waals surface area contributed by atoms with Crippen molar-refractivity contribution in [3.05, 3.63) is 90.2 Å². The number of anilines is 3. The number of aromatic nitrogens is 4.